The molecule has 0 bridgehead atoms. The highest BCUT2D eigenvalue weighted by molar-refractivity contribution is 6.69. The Balaban J connectivity index is 2.29. The van der Waals surface area contributed by atoms with E-state index in [1.807, 2.05) is 19.2 Å². The van der Waals surface area contributed by atoms with Gasteiger partial charge in [-0.3, -0.25) is 0 Å². The largest absolute Gasteiger partial charge is 0.432 e. The van der Waals surface area contributed by atoms with Crippen molar-refractivity contribution in [1.29, 1.82) is 0 Å². The normalized spacial score (nSPS) is 11.6. The summed E-state index contributed by atoms with van der Waals surface area (Å²) in [5.74, 6) is 0. The average Bonchev–Trinajstić information content (AvgIpc) is 2.04. The predicted octanol–water partition coefficient (Wildman–Crippen LogP) is 2.82. The molecule has 0 amide bonds. The quantitative estimate of drug-likeness (QED) is 0.731. The summed E-state index contributed by atoms with van der Waals surface area (Å²) < 4.78 is 0. The Labute approximate surface area is 81.6 Å². The third-order valence-corrected chi connectivity index (χ3v) is 3.67. The minimum Gasteiger partial charge on any atom is -0.432 e. The van der Waals surface area contributed by atoms with Gasteiger partial charge in [-0.15, -0.1) is 0 Å². The maximum Gasteiger partial charge on any atom is 0.182 e. The Hall–Kier alpha value is -0.603. The van der Waals surface area contributed by atoms with E-state index in [1.165, 1.54) is 5.56 Å². The maximum absolute atomic E-state index is 9.63. The van der Waals surface area contributed by atoms with Crippen LogP contribution in [0.3, 0.4) is 0 Å². The molecule has 0 heterocycles. The van der Waals surface area contributed by atoms with Crippen molar-refractivity contribution in [3.8, 4) is 0 Å². The molecule has 0 aromatic heterocycles. The topological polar surface area (TPSA) is 20.2 Å². The number of aryl methyl sites for hydroxylation is 1. The molecule has 2 heteroatoms. The van der Waals surface area contributed by atoms with Gasteiger partial charge in [0, 0.05) is 0 Å². The molecule has 1 N–H and O–H groups in total. The molecule has 0 aliphatic carbocycles. The number of rotatable bonds is 4. The molecule has 1 nitrogen and oxygen atoms in total. The third kappa shape index (κ3) is 4.86. The van der Waals surface area contributed by atoms with Crippen LogP contribution in [-0.2, 0) is 6.42 Å². The first-order chi connectivity index (χ1) is 6.08. The Kier molecular flexibility index (Phi) is 3.69. The molecule has 0 aliphatic heterocycles. The van der Waals surface area contributed by atoms with Crippen molar-refractivity contribution in [3.63, 3.8) is 0 Å². The monoisotopic (exact) mass is 194 g/mol. The van der Waals surface area contributed by atoms with Crippen LogP contribution in [-0.4, -0.2) is 13.1 Å². The Morgan fingerprint density at radius 3 is 2.31 bits per heavy atom. The highest BCUT2D eigenvalue weighted by Gasteiger charge is 2.15. The number of hydrogen-bond acceptors (Lipinski definition) is 1. The lowest BCUT2D eigenvalue weighted by Gasteiger charge is -2.12. The van der Waals surface area contributed by atoms with Crippen molar-refractivity contribution in [1.82, 2.24) is 0 Å². The van der Waals surface area contributed by atoms with E-state index >= 15 is 0 Å². The highest BCUT2D eigenvalue weighted by atomic mass is 28.4. The molecular weight excluding hydrogens is 176 g/mol. The standard InChI is InChI=1S/C11H18OSi/c1-13(2,12)10-6-9-11-7-4-3-5-8-11/h3-5,7-8,12H,6,9-10H2,1-2H3. The van der Waals surface area contributed by atoms with Gasteiger partial charge in [0.2, 0.25) is 0 Å². The minimum absolute atomic E-state index is 1.00. The fourth-order valence-corrected chi connectivity index (χ4v) is 2.41. The zero-order valence-electron chi connectivity index (χ0n) is 8.46. The summed E-state index contributed by atoms with van der Waals surface area (Å²) in [5.41, 5.74) is 1.38. The lowest BCUT2D eigenvalue weighted by Crippen LogP contribution is -2.24. The molecule has 0 spiro atoms. The van der Waals surface area contributed by atoms with Crippen LogP contribution in [0.15, 0.2) is 30.3 Å². The Morgan fingerprint density at radius 2 is 1.77 bits per heavy atom. The van der Waals surface area contributed by atoms with Crippen molar-refractivity contribution in [2.45, 2.75) is 32.0 Å². The van der Waals surface area contributed by atoms with Crippen LogP contribution in [0.1, 0.15) is 12.0 Å². The maximum atomic E-state index is 9.63. The SMILES string of the molecule is C[Si](C)(O)CCCc1ccccc1. The van der Waals surface area contributed by atoms with Crippen molar-refractivity contribution < 1.29 is 4.80 Å². The van der Waals surface area contributed by atoms with Gasteiger partial charge in [0.05, 0.1) is 0 Å². The second kappa shape index (κ2) is 4.58. The first kappa shape index (κ1) is 10.5. The highest BCUT2D eigenvalue weighted by Crippen LogP contribution is 2.11. The molecule has 13 heavy (non-hydrogen) atoms. The molecule has 1 aromatic carbocycles. The minimum atomic E-state index is -1.81. The second-order valence-electron chi connectivity index (χ2n) is 4.15. The Morgan fingerprint density at radius 1 is 1.15 bits per heavy atom. The molecule has 0 fully saturated rings. The summed E-state index contributed by atoms with van der Waals surface area (Å²) in [7, 11) is -1.81. The number of benzene rings is 1. The molecule has 72 valence electrons. The van der Waals surface area contributed by atoms with Crippen LogP contribution < -0.4 is 0 Å². The molecule has 1 aromatic rings. The van der Waals surface area contributed by atoms with Gasteiger partial charge in [-0.1, -0.05) is 30.3 Å². The zero-order valence-corrected chi connectivity index (χ0v) is 9.46. The fraction of sp³-hybridized carbons (Fsp3) is 0.455. The van der Waals surface area contributed by atoms with Gasteiger partial charge in [0.25, 0.3) is 0 Å². The van der Waals surface area contributed by atoms with Crippen LogP contribution in [0.5, 0.6) is 0 Å². The van der Waals surface area contributed by atoms with Gasteiger partial charge in [-0.2, -0.15) is 0 Å². The summed E-state index contributed by atoms with van der Waals surface area (Å²) in [6, 6.07) is 11.5. The summed E-state index contributed by atoms with van der Waals surface area (Å²) >= 11 is 0. The Bertz CT molecular complexity index is 238. The van der Waals surface area contributed by atoms with Gasteiger partial charge in [-0.25, -0.2) is 0 Å². The smallest absolute Gasteiger partial charge is 0.182 e. The molecule has 0 atom stereocenters. The summed E-state index contributed by atoms with van der Waals surface area (Å²) in [5, 5.41) is 0. The third-order valence-electron chi connectivity index (χ3n) is 2.10. The van der Waals surface area contributed by atoms with Crippen LogP contribution >= 0.6 is 0 Å². The molecule has 0 saturated heterocycles. The van der Waals surface area contributed by atoms with E-state index in [1.54, 1.807) is 0 Å². The summed E-state index contributed by atoms with van der Waals surface area (Å²) in [6.07, 6.45) is 2.21. The van der Waals surface area contributed by atoms with Crippen molar-refractivity contribution in [2.75, 3.05) is 0 Å². The molecule has 0 aliphatic rings. The van der Waals surface area contributed by atoms with Gasteiger partial charge in [0.1, 0.15) is 0 Å². The molecule has 0 saturated carbocycles. The first-order valence-corrected chi connectivity index (χ1v) is 8.00. The van der Waals surface area contributed by atoms with Crippen LogP contribution in [0, 0.1) is 0 Å². The van der Waals surface area contributed by atoms with Gasteiger partial charge in [-0.05, 0) is 37.5 Å². The molecule has 0 unspecified atom stereocenters. The van der Waals surface area contributed by atoms with Gasteiger partial charge >= 0.3 is 0 Å². The van der Waals surface area contributed by atoms with Crippen LogP contribution in [0.25, 0.3) is 0 Å². The molecule has 0 radical (unpaired) electrons. The zero-order chi connectivity index (χ0) is 9.73. The van der Waals surface area contributed by atoms with Crippen molar-refractivity contribution in [3.05, 3.63) is 35.9 Å². The van der Waals surface area contributed by atoms with Crippen molar-refractivity contribution >= 4 is 8.32 Å². The lowest BCUT2D eigenvalue weighted by molar-refractivity contribution is 0.544. The lowest BCUT2D eigenvalue weighted by atomic mass is 10.1. The first-order valence-electron chi connectivity index (χ1n) is 4.84. The van der Waals surface area contributed by atoms with E-state index in [0.717, 1.165) is 18.9 Å². The van der Waals surface area contributed by atoms with Gasteiger partial charge in [0.15, 0.2) is 8.32 Å². The predicted molar refractivity (Wildman–Crippen MR) is 59.3 cm³/mol. The van der Waals surface area contributed by atoms with E-state index in [2.05, 4.69) is 24.3 Å². The number of hydrogen-bond donors (Lipinski definition) is 1. The average molecular weight is 194 g/mol. The van der Waals surface area contributed by atoms with Gasteiger partial charge < -0.3 is 4.80 Å². The fourth-order valence-electron chi connectivity index (χ4n) is 1.37. The van der Waals surface area contributed by atoms with Crippen LogP contribution in [0.2, 0.25) is 19.1 Å². The van der Waals surface area contributed by atoms with E-state index < -0.39 is 8.32 Å². The van der Waals surface area contributed by atoms with Crippen molar-refractivity contribution in [2.24, 2.45) is 0 Å². The van der Waals surface area contributed by atoms with E-state index in [4.69, 9.17) is 0 Å². The summed E-state index contributed by atoms with van der Waals surface area (Å²) in [4.78, 5) is 9.63. The second-order valence-corrected chi connectivity index (χ2v) is 8.28. The van der Waals surface area contributed by atoms with E-state index in [0.29, 0.717) is 0 Å². The molecular formula is C11H18OSi. The van der Waals surface area contributed by atoms with Crippen LogP contribution in [0.4, 0.5) is 0 Å². The van der Waals surface area contributed by atoms with E-state index in [9.17, 15) is 4.80 Å². The summed E-state index contributed by atoms with van der Waals surface area (Å²) in [6.45, 7) is 4.00. The molecule has 1 rings (SSSR count). The van der Waals surface area contributed by atoms with E-state index in [-0.39, 0.29) is 0 Å².